The standard InChI is InChI=1S/C47H80O17/c1-22(2)10-9-14-47(8,64-42-39(58)36(55)34(53)27(62-42)21-59-40-37(56)33(52)26(20-49)60-40)23-11-16-46(7)31(23)24(50)18-29-44(5)15-13-30(43(3,4)28(44)12-17-45(29,46)6)63-41-38(57)35(54)32(51)25(19-48)61-41/h10,23-42,48-58H,9,11-21H2,1-8H3/t23-,24+,25+,26-,27+,28-,29+,30-,31?,32+,33-,34+,35-,36-,37+,38+,39+,40+,41-,42-,44-,45+,46+,47-/m0/s1. The molecule has 1 unspecified atom stereocenters. The maximum atomic E-state index is 12.7. The Hall–Kier alpha value is -0.940. The molecular weight excluding hydrogens is 836 g/mol. The van der Waals surface area contributed by atoms with Gasteiger partial charge in [-0.25, -0.2) is 0 Å². The van der Waals surface area contributed by atoms with Crippen LogP contribution >= 0.6 is 0 Å². The first-order valence-electron chi connectivity index (χ1n) is 23.8. The van der Waals surface area contributed by atoms with E-state index >= 15 is 0 Å². The molecule has 11 N–H and O–H groups in total. The Balaban J connectivity index is 1.11. The van der Waals surface area contributed by atoms with Crippen molar-refractivity contribution in [1.82, 2.24) is 0 Å². The summed E-state index contributed by atoms with van der Waals surface area (Å²) in [7, 11) is 0. The van der Waals surface area contributed by atoms with Crippen molar-refractivity contribution in [3.8, 4) is 0 Å². The van der Waals surface area contributed by atoms with Crippen molar-refractivity contribution in [3.05, 3.63) is 11.6 Å². The lowest BCUT2D eigenvalue weighted by Crippen LogP contribution is -2.67. The summed E-state index contributed by atoms with van der Waals surface area (Å²) in [5, 5.41) is 118. The van der Waals surface area contributed by atoms with Crippen LogP contribution in [0.25, 0.3) is 0 Å². The number of ether oxygens (including phenoxy) is 6. The predicted molar refractivity (Wildman–Crippen MR) is 228 cm³/mol. The van der Waals surface area contributed by atoms with Gasteiger partial charge in [-0.15, -0.1) is 0 Å². The SMILES string of the molecule is CC(C)=CCC[C@](C)(O[C@@H]1O[C@H](CO[C@@H]2O[C@@H](CO)[C@H](O)[C@H]2O)[C@@H](O)[C@H](O)[C@H]1O)[C@H]1CC[C@]2(C)C1[C@H](O)C[C@@H]1[C@@]3(C)CC[C@H](O[C@@H]4O[C@H](CO)[C@@H](O)[C@H](O)[C@H]4O)C(C)(C)[C@@H]3CC[C@]12C. The van der Waals surface area contributed by atoms with Crippen LogP contribution in [0.2, 0.25) is 0 Å². The zero-order valence-electron chi connectivity index (χ0n) is 39.0. The predicted octanol–water partition coefficient (Wildman–Crippen LogP) is 0.612. The fourth-order valence-electron chi connectivity index (χ4n) is 14.6. The fourth-order valence-corrected chi connectivity index (χ4v) is 14.6. The van der Waals surface area contributed by atoms with Gasteiger partial charge < -0.3 is 84.6 Å². The summed E-state index contributed by atoms with van der Waals surface area (Å²) < 4.78 is 36.6. The molecule has 3 heterocycles. The van der Waals surface area contributed by atoms with Gasteiger partial charge in [0.15, 0.2) is 18.9 Å². The number of aliphatic hydroxyl groups excluding tert-OH is 11. The maximum Gasteiger partial charge on any atom is 0.187 e. The molecule has 7 aliphatic rings. The van der Waals surface area contributed by atoms with Crippen LogP contribution in [0.15, 0.2) is 11.6 Å². The van der Waals surface area contributed by atoms with Gasteiger partial charge in [0.25, 0.3) is 0 Å². The van der Waals surface area contributed by atoms with Crippen LogP contribution in [0.3, 0.4) is 0 Å². The zero-order valence-corrected chi connectivity index (χ0v) is 39.0. The van der Waals surface area contributed by atoms with E-state index in [4.69, 9.17) is 28.4 Å². The van der Waals surface area contributed by atoms with Crippen molar-refractivity contribution >= 4 is 0 Å². The molecule has 3 aliphatic heterocycles. The number of fused-ring (bicyclic) bond motifs is 5. The van der Waals surface area contributed by atoms with Crippen LogP contribution < -0.4 is 0 Å². The second-order valence-electron chi connectivity index (χ2n) is 22.4. The monoisotopic (exact) mass is 917 g/mol. The molecule has 64 heavy (non-hydrogen) atoms. The normalized spacial score (nSPS) is 52.3. The molecule has 0 aromatic heterocycles. The van der Waals surface area contributed by atoms with Gasteiger partial charge in [0, 0.05) is 0 Å². The summed E-state index contributed by atoms with van der Waals surface area (Å²) in [6.07, 6.45) is -11.9. The van der Waals surface area contributed by atoms with Crippen molar-refractivity contribution in [3.63, 3.8) is 0 Å². The molecular formula is C47H80O17. The van der Waals surface area contributed by atoms with Crippen LogP contribution in [0.4, 0.5) is 0 Å². The molecule has 17 nitrogen and oxygen atoms in total. The zero-order chi connectivity index (χ0) is 47.1. The topological polar surface area (TPSA) is 278 Å². The van der Waals surface area contributed by atoms with Crippen LogP contribution in [-0.4, -0.2) is 180 Å². The Bertz CT molecular complexity index is 1630. The molecule has 7 fully saturated rings. The van der Waals surface area contributed by atoms with Gasteiger partial charge in [0.05, 0.1) is 37.6 Å². The summed E-state index contributed by atoms with van der Waals surface area (Å²) in [5.41, 5.74) is -0.947. The number of rotatable bonds is 13. The second-order valence-corrected chi connectivity index (χ2v) is 22.4. The van der Waals surface area contributed by atoms with Crippen LogP contribution in [0, 0.1) is 45.3 Å². The lowest BCUT2D eigenvalue weighted by Gasteiger charge is -2.71. The first-order chi connectivity index (χ1) is 29.9. The molecule has 0 radical (unpaired) electrons. The fraction of sp³-hybridized carbons (Fsp3) is 0.957. The van der Waals surface area contributed by atoms with Gasteiger partial charge >= 0.3 is 0 Å². The Kier molecular flexibility index (Phi) is 14.9. The third kappa shape index (κ3) is 8.49. The molecule has 24 atom stereocenters. The van der Waals surface area contributed by atoms with E-state index in [-0.39, 0.29) is 46.0 Å². The summed E-state index contributed by atoms with van der Waals surface area (Å²) >= 11 is 0. The van der Waals surface area contributed by atoms with E-state index in [1.54, 1.807) is 0 Å². The minimum Gasteiger partial charge on any atom is -0.394 e. The van der Waals surface area contributed by atoms with Gasteiger partial charge in [0.1, 0.15) is 67.1 Å². The Morgan fingerprint density at radius 2 is 1.19 bits per heavy atom. The van der Waals surface area contributed by atoms with Gasteiger partial charge in [-0.2, -0.15) is 0 Å². The van der Waals surface area contributed by atoms with Crippen molar-refractivity contribution in [2.75, 3.05) is 19.8 Å². The molecule has 0 spiro atoms. The van der Waals surface area contributed by atoms with Crippen molar-refractivity contribution in [2.45, 2.75) is 217 Å². The molecule has 17 heteroatoms. The molecule has 4 saturated carbocycles. The third-order valence-corrected chi connectivity index (χ3v) is 18.4. The number of hydrogen-bond donors (Lipinski definition) is 11. The van der Waals surface area contributed by atoms with Gasteiger partial charge in [0.2, 0.25) is 0 Å². The van der Waals surface area contributed by atoms with E-state index in [9.17, 15) is 56.2 Å². The van der Waals surface area contributed by atoms with Gasteiger partial charge in [-0.3, -0.25) is 0 Å². The van der Waals surface area contributed by atoms with E-state index in [0.29, 0.717) is 25.7 Å². The Morgan fingerprint density at radius 1 is 0.641 bits per heavy atom. The van der Waals surface area contributed by atoms with Crippen LogP contribution in [0.1, 0.15) is 113 Å². The van der Waals surface area contributed by atoms with Gasteiger partial charge in [-0.05, 0) is 124 Å². The molecule has 0 bridgehead atoms. The van der Waals surface area contributed by atoms with E-state index < -0.39 is 123 Å². The average Bonchev–Trinajstić information content (AvgIpc) is 3.76. The third-order valence-electron chi connectivity index (χ3n) is 18.4. The highest BCUT2D eigenvalue weighted by Gasteiger charge is 2.72. The first kappa shape index (κ1) is 50.9. The highest BCUT2D eigenvalue weighted by molar-refractivity contribution is 5.20. The summed E-state index contributed by atoms with van der Waals surface area (Å²) in [4.78, 5) is 0. The molecule has 370 valence electrons. The highest BCUT2D eigenvalue weighted by atomic mass is 16.7. The quantitative estimate of drug-likeness (QED) is 0.0892. The minimum atomic E-state index is -1.67. The molecule has 0 aromatic rings. The molecule has 7 rings (SSSR count). The van der Waals surface area contributed by atoms with Crippen LogP contribution in [-0.2, 0) is 28.4 Å². The summed E-state index contributed by atoms with van der Waals surface area (Å²) in [6.45, 7) is 16.1. The van der Waals surface area contributed by atoms with E-state index in [2.05, 4.69) is 40.7 Å². The van der Waals surface area contributed by atoms with Gasteiger partial charge in [-0.1, -0.05) is 46.3 Å². The van der Waals surface area contributed by atoms with Crippen molar-refractivity contribution < 1.29 is 84.6 Å². The molecule has 0 amide bonds. The van der Waals surface area contributed by atoms with Crippen LogP contribution in [0.5, 0.6) is 0 Å². The Labute approximate surface area is 377 Å². The lowest BCUT2D eigenvalue weighted by molar-refractivity contribution is -0.342. The minimum absolute atomic E-state index is 0.149. The number of hydrogen-bond acceptors (Lipinski definition) is 17. The maximum absolute atomic E-state index is 12.7. The highest BCUT2D eigenvalue weighted by Crippen LogP contribution is 2.76. The summed E-state index contributed by atoms with van der Waals surface area (Å²) in [5.74, 6) is -0.0472. The van der Waals surface area contributed by atoms with Crippen molar-refractivity contribution in [2.24, 2.45) is 45.3 Å². The largest absolute Gasteiger partial charge is 0.394 e. The van der Waals surface area contributed by atoms with E-state index in [1.165, 1.54) is 0 Å². The summed E-state index contributed by atoms with van der Waals surface area (Å²) in [6, 6.07) is 0. The molecule has 0 aromatic carbocycles. The first-order valence-corrected chi connectivity index (χ1v) is 23.8. The second kappa shape index (κ2) is 18.8. The number of aliphatic hydroxyl groups is 11. The molecule has 4 aliphatic carbocycles. The smallest absolute Gasteiger partial charge is 0.187 e. The van der Waals surface area contributed by atoms with Crippen molar-refractivity contribution in [1.29, 1.82) is 0 Å². The lowest BCUT2D eigenvalue weighted by atomic mass is 9.35. The Morgan fingerprint density at radius 3 is 1.81 bits per heavy atom. The average molecular weight is 917 g/mol. The van der Waals surface area contributed by atoms with E-state index in [1.807, 2.05) is 20.8 Å². The molecule has 3 saturated heterocycles. The number of allylic oxidation sites excluding steroid dienone is 2. The van der Waals surface area contributed by atoms with E-state index in [0.717, 1.165) is 37.7 Å².